The Labute approximate surface area is 115 Å². The Bertz CT molecular complexity index is 647. The van der Waals surface area contributed by atoms with Gasteiger partial charge in [0.1, 0.15) is 5.41 Å². The van der Waals surface area contributed by atoms with Crippen LogP contribution in [0.2, 0.25) is 0 Å². The van der Waals surface area contributed by atoms with Gasteiger partial charge in [-0.3, -0.25) is 9.59 Å². The number of carbonyl (C=O) groups excluding carboxylic acids is 1. The van der Waals surface area contributed by atoms with Crippen LogP contribution in [0.25, 0.3) is 0 Å². The Hall–Kier alpha value is -1.93. The highest BCUT2D eigenvalue weighted by Crippen LogP contribution is 2.46. The van der Waals surface area contributed by atoms with Crippen LogP contribution in [0.1, 0.15) is 18.4 Å². The van der Waals surface area contributed by atoms with E-state index in [2.05, 4.69) is 5.32 Å². The monoisotopic (exact) mass is 298 g/mol. The number of carboxylic acids is 1. The van der Waals surface area contributed by atoms with Crippen LogP contribution < -0.4 is 10.5 Å². The van der Waals surface area contributed by atoms with Crippen LogP contribution in [0.15, 0.2) is 24.3 Å². The molecule has 0 atom stereocenters. The first-order chi connectivity index (χ1) is 9.23. The number of sulfonamides is 1. The van der Waals surface area contributed by atoms with Crippen LogP contribution in [-0.4, -0.2) is 25.4 Å². The van der Waals surface area contributed by atoms with Crippen LogP contribution in [-0.2, 0) is 25.4 Å². The van der Waals surface area contributed by atoms with Crippen LogP contribution in [0.4, 0.5) is 5.69 Å². The molecule has 4 N–H and O–H groups in total. The van der Waals surface area contributed by atoms with Gasteiger partial charge in [0, 0.05) is 5.69 Å². The molecule has 0 aromatic heterocycles. The van der Waals surface area contributed by atoms with Crippen molar-refractivity contribution in [3.05, 3.63) is 29.8 Å². The summed E-state index contributed by atoms with van der Waals surface area (Å²) in [7, 11) is -3.60. The van der Waals surface area contributed by atoms with E-state index >= 15 is 0 Å². The van der Waals surface area contributed by atoms with Gasteiger partial charge >= 0.3 is 5.97 Å². The zero-order valence-corrected chi connectivity index (χ0v) is 11.3. The minimum Gasteiger partial charge on any atom is -0.480 e. The minimum absolute atomic E-state index is 0.291. The van der Waals surface area contributed by atoms with Gasteiger partial charge in [0.15, 0.2) is 0 Å². The van der Waals surface area contributed by atoms with Crippen LogP contribution in [0.3, 0.4) is 0 Å². The van der Waals surface area contributed by atoms with Crippen LogP contribution in [0.5, 0.6) is 0 Å². The Morgan fingerprint density at radius 2 is 1.80 bits per heavy atom. The van der Waals surface area contributed by atoms with Gasteiger partial charge in [0.2, 0.25) is 15.9 Å². The maximum absolute atomic E-state index is 11.8. The maximum atomic E-state index is 11.8. The molecule has 1 aromatic carbocycles. The fourth-order valence-electron chi connectivity index (χ4n) is 1.83. The second-order valence-corrected chi connectivity index (χ2v) is 6.46. The van der Waals surface area contributed by atoms with Crippen molar-refractivity contribution in [3.8, 4) is 0 Å². The molecule has 8 heteroatoms. The average molecular weight is 298 g/mol. The highest BCUT2D eigenvalue weighted by Gasteiger charge is 2.57. The minimum atomic E-state index is -3.60. The smallest absolute Gasteiger partial charge is 0.319 e. The van der Waals surface area contributed by atoms with E-state index in [-0.39, 0.29) is 5.75 Å². The third-order valence-corrected chi connectivity index (χ3v) is 3.91. The van der Waals surface area contributed by atoms with Crippen molar-refractivity contribution >= 4 is 27.6 Å². The standard InChI is InChI=1S/C12H14N2O5S/c13-20(18,19)7-8-1-3-9(4-2-8)14-10(15)12(5-6-12)11(16)17/h1-4H,5-7H2,(H,14,15)(H,16,17)(H2,13,18,19). The van der Waals surface area contributed by atoms with E-state index in [1.165, 1.54) is 24.3 Å². The van der Waals surface area contributed by atoms with E-state index in [1.807, 2.05) is 0 Å². The summed E-state index contributed by atoms with van der Waals surface area (Å²) in [6.45, 7) is 0. The summed E-state index contributed by atoms with van der Waals surface area (Å²) in [5.74, 6) is -1.97. The number of amides is 1. The first kappa shape index (κ1) is 14.5. The summed E-state index contributed by atoms with van der Waals surface area (Å²) in [4.78, 5) is 22.8. The molecule has 20 heavy (non-hydrogen) atoms. The summed E-state index contributed by atoms with van der Waals surface area (Å²) in [5.41, 5.74) is -0.398. The van der Waals surface area contributed by atoms with E-state index in [0.717, 1.165) is 0 Å². The summed E-state index contributed by atoms with van der Waals surface area (Å²) in [5, 5.41) is 16.4. The summed E-state index contributed by atoms with van der Waals surface area (Å²) < 4.78 is 21.8. The molecule has 108 valence electrons. The average Bonchev–Trinajstić information content (AvgIpc) is 3.11. The summed E-state index contributed by atoms with van der Waals surface area (Å²) in [6.07, 6.45) is 0.662. The molecule has 0 spiro atoms. The first-order valence-electron chi connectivity index (χ1n) is 5.87. The lowest BCUT2D eigenvalue weighted by molar-refractivity contribution is -0.147. The molecule has 1 amide bonds. The molecular formula is C12H14N2O5S. The molecule has 7 nitrogen and oxygen atoms in total. The number of primary sulfonamides is 1. The summed E-state index contributed by atoms with van der Waals surface area (Å²) >= 11 is 0. The Balaban J connectivity index is 2.05. The number of carbonyl (C=O) groups is 2. The quantitative estimate of drug-likeness (QED) is 0.673. The summed E-state index contributed by atoms with van der Waals surface area (Å²) in [6, 6.07) is 6.05. The largest absolute Gasteiger partial charge is 0.480 e. The van der Waals surface area contributed by atoms with Gasteiger partial charge in [0.05, 0.1) is 5.75 Å². The van der Waals surface area contributed by atoms with Gasteiger partial charge in [0.25, 0.3) is 0 Å². The van der Waals surface area contributed by atoms with Gasteiger partial charge in [-0.25, -0.2) is 13.6 Å². The number of carboxylic acid groups (broad SMARTS) is 1. The number of nitrogens with two attached hydrogens (primary N) is 1. The predicted octanol–water partition coefficient (Wildman–Crippen LogP) is 0.278. The van der Waals surface area contributed by atoms with Crippen molar-refractivity contribution in [2.75, 3.05) is 5.32 Å². The van der Waals surface area contributed by atoms with Gasteiger partial charge < -0.3 is 10.4 Å². The third kappa shape index (κ3) is 3.14. The van der Waals surface area contributed by atoms with Gasteiger partial charge in [-0.15, -0.1) is 0 Å². The molecule has 1 fully saturated rings. The molecule has 0 unspecified atom stereocenters. The normalized spacial score (nSPS) is 16.4. The van der Waals surface area contributed by atoms with Crippen LogP contribution in [0, 0.1) is 5.41 Å². The molecule has 0 aliphatic heterocycles. The molecule has 1 aliphatic carbocycles. The van der Waals surface area contributed by atoms with E-state index in [1.54, 1.807) is 0 Å². The second kappa shape index (κ2) is 4.88. The molecule has 2 rings (SSSR count). The van der Waals surface area contributed by atoms with Crippen molar-refractivity contribution in [1.82, 2.24) is 0 Å². The number of hydrogen-bond donors (Lipinski definition) is 3. The van der Waals surface area contributed by atoms with Crippen LogP contribution >= 0.6 is 0 Å². The number of rotatable bonds is 5. The zero-order chi connectivity index (χ0) is 15.0. The van der Waals surface area contributed by atoms with Crippen molar-refractivity contribution in [2.45, 2.75) is 18.6 Å². The molecule has 0 radical (unpaired) electrons. The molecule has 0 saturated heterocycles. The SMILES string of the molecule is NS(=O)(=O)Cc1ccc(NC(=O)C2(C(=O)O)CC2)cc1. The molecule has 0 bridgehead atoms. The fourth-order valence-corrected chi connectivity index (χ4v) is 2.49. The lowest BCUT2D eigenvalue weighted by atomic mass is 10.1. The first-order valence-corrected chi connectivity index (χ1v) is 7.59. The van der Waals surface area contributed by atoms with E-state index in [4.69, 9.17) is 10.2 Å². The van der Waals surface area contributed by atoms with Gasteiger partial charge in [-0.1, -0.05) is 12.1 Å². The molecular weight excluding hydrogens is 284 g/mol. The lowest BCUT2D eigenvalue weighted by Gasteiger charge is -2.11. The van der Waals surface area contributed by atoms with Crippen molar-refractivity contribution < 1.29 is 23.1 Å². The highest BCUT2D eigenvalue weighted by atomic mass is 32.2. The Kier molecular flexibility index (Phi) is 3.53. The Morgan fingerprint density at radius 3 is 2.20 bits per heavy atom. The number of hydrogen-bond acceptors (Lipinski definition) is 4. The van der Waals surface area contributed by atoms with E-state index in [0.29, 0.717) is 24.1 Å². The van der Waals surface area contributed by atoms with Crippen molar-refractivity contribution in [2.24, 2.45) is 10.6 Å². The Morgan fingerprint density at radius 1 is 1.25 bits per heavy atom. The second-order valence-electron chi connectivity index (χ2n) is 4.85. The van der Waals surface area contributed by atoms with E-state index < -0.39 is 27.3 Å². The molecule has 1 aromatic rings. The number of nitrogens with one attached hydrogen (secondary N) is 1. The maximum Gasteiger partial charge on any atom is 0.319 e. The van der Waals surface area contributed by atoms with Gasteiger partial charge in [-0.05, 0) is 30.5 Å². The predicted molar refractivity (Wildman–Crippen MR) is 71.2 cm³/mol. The number of aliphatic carboxylic acids is 1. The van der Waals surface area contributed by atoms with Crippen molar-refractivity contribution in [1.29, 1.82) is 0 Å². The number of benzene rings is 1. The van der Waals surface area contributed by atoms with E-state index in [9.17, 15) is 18.0 Å². The number of anilines is 1. The molecule has 1 saturated carbocycles. The van der Waals surface area contributed by atoms with Gasteiger partial charge in [-0.2, -0.15) is 0 Å². The van der Waals surface area contributed by atoms with Crippen molar-refractivity contribution in [3.63, 3.8) is 0 Å². The highest BCUT2D eigenvalue weighted by molar-refractivity contribution is 7.88. The topological polar surface area (TPSA) is 127 Å². The zero-order valence-electron chi connectivity index (χ0n) is 10.5. The molecule has 1 aliphatic rings. The fraction of sp³-hybridized carbons (Fsp3) is 0.333. The molecule has 0 heterocycles. The third-order valence-electron chi connectivity index (χ3n) is 3.17. The lowest BCUT2D eigenvalue weighted by Crippen LogP contribution is -2.31.